The number of hydrogen-bond acceptors (Lipinski definition) is 2. The molecule has 1 aliphatic carbocycles. The minimum absolute atomic E-state index is 0.700. The maximum absolute atomic E-state index is 3.56. The van der Waals surface area contributed by atoms with Gasteiger partial charge < -0.3 is 5.32 Å². The first-order valence-electron chi connectivity index (χ1n) is 5.33. The van der Waals surface area contributed by atoms with Crippen LogP contribution in [0.5, 0.6) is 0 Å². The van der Waals surface area contributed by atoms with E-state index in [0.717, 1.165) is 6.04 Å². The minimum atomic E-state index is 0.700. The summed E-state index contributed by atoms with van der Waals surface area (Å²) in [5.41, 5.74) is 0. The molecule has 1 saturated carbocycles. The summed E-state index contributed by atoms with van der Waals surface area (Å²) in [4.78, 5) is 2.68. The van der Waals surface area contributed by atoms with Crippen molar-refractivity contribution in [2.45, 2.75) is 44.7 Å². The van der Waals surface area contributed by atoms with E-state index in [1.165, 1.54) is 45.3 Å². The Hall–Kier alpha value is -0.0800. The fourth-order valence-electron chi connectivity index (χ4n) is 2.07. The Kier molecular flexibility index (Phi) is 2.66. The van der Waals surface area contributed by atoms with E-state index < -0.39 is 0 Å². The van der Waals surface area contributed by atoms with E-state index in [1.807, 2.05) is 0 Å². The molecule has 0 aromatic rings. The molecule has 1 unspecified atom stereocenters. The summed E-state index contributed by atoms with van der Waals surface area (Å²) in [6.45, 7) is 6.14. The highest BCUT2D eigenvalue weighted by molar-refractivity contribution is 4.86. The molecule has 2 fully saturated rings. The second-order valence-corrected chi connectivity index (χ2v) is 4.29. The highest BCUT2D eigenvalue weighted by atomic mass is 15.2. The van der Waals surface area contributed by atoms with Crippen LogP contribution in [0.1, 0.15) is 32.6 Å². The van der Waals surface area contributed by atoms with Crippen molar-refractivity contribution >= 4 is 0 Å². The molecule has 2 rings (SSSR count). The van der Waals surface area contributed by atoms with Gasteiger partial charge in [0.15, 0.2) is 0 Å². The van der Waals surface area contributed by atoms with Crippen LogP contribution in [0.15, 0.2) is 0 Å². The smallest absolute Gasteiger partial charge is 0.0166 e. The lowest BCUT2D eigenvalue weighted by Crippen LogP contribution is -2.43. The zero-order valence-electron chi connectivity index (χ0n) is 8.05. The van der Waals surface area contributed by atoms with Crippen LogP contribution < -0.4 is 5.32 Å². The van der Waals surface area contributed by atoms with E-state index in [1.54, 1.807) is 0 Å². The molecule has 0 aromatic carbocycles. The van der Waals surface area contributed by atoms with Crippen molar-refractivity contribution in [1.29, 1.82) is 0 Å². The van der Waals surface area contributed by atoms with E-state index >= 15 is 0 Å². The molecule has 1 N–H and O–H groups in total. The molecule has 0 aromatic heterocycles. The largest absolute Gasteiger partial charge is 0.313 e. The Morgan fingerprint density at radius 3 is 2.83 bits per heavy atom. The molecule has 1 aliphatic heterocycles. The van der Waals surface area contributed by atoms with E-state index in [2.05, 4.69) is 17.1 Å². The van der Waals surface area contributed by atoms with Crippen LogP contribution in [0.25, 0.3) is 0 Å². The van der Waals surface area contributed by atoms with Gasteiger partial charge in [0, 0.05) is 18.6 Å². The SMILES string of the molecule is CC1CN(C2CC2)CCCCN1. The van der Waals surface area contributed by atoms with E-state index in [9.17, 15) is 0 Å². The summed E-state index contributed by atoms with van der Waals surface area (Å²) < 4.78 is 0. The lowest BCUT2D eigenvalue weighted by atomic mass is 10.2. The maximum atomic E-state index is 3.56. The van der Waals surface area contributed by atoms with Crippen molar-refractivity contribution in [1.82, 2.24) is 10.2 Å². The van der Waals surface area contributed by atoms with Crippen molar-refractivity contribution in [2.75, 3.05) is 19.6 Å². The molecule has 0 bridgehead atoms. The fraction of sp³-hybridized carbons (Fsp3) is 1.00. The maximum Gasteiger partial charge on any atom is 0.0166 e. The predicted octanol–water partition coefficient (Wildman–Crippen LogP) is 1.22. The summed E-state index contributed by atoms with van der Waals surface area (Å²) >= 11 is 0. The van der Waals surface area contributed by atoms with Gasteiger partial charge in [-0.05, 0) is 45.7 Å². The van der Waals surface area contributed by atoms with Crippen LogP contribution in [-0.2, 0) is 0 Å². The minimum Gasteiger partial charge on any atom is -0.313 e. The van der Waals surface area contributed by atoms with Gasteiger partial charge >= 0.3 is 0 Å². The van der Waals surface area contributed by atoms with E-state index in [0.29, 0.717) is 6.04 Å². The third-order valence-corrected chi connectivity index (χ3v) is 2.94. The van der Waals surface area contributed by atoms with Crippen LogP contribution >= 0.6 is 0 Å². The monoisotopic (exact) mass is 168 g/mol. The van der Waals surface area contributed by atoms with Gasteiger partial charge in [0.25, 0.3) is 0 Å². The molecule has 2 heteroatoms. The van der Waals surface area contributed by atoms with E-state index in [4.69, 9.17) is 0 Å². The standard InChI is InChI=1S/C10H20N2/c1-9-8-12(10-4-5-10)7-3-2-6-11-9/h9-11H,2-8H2,1H3. The van der Waals surface area contributed by atoms with Crippen LogP contribution in [0.2, 0.25) is 0 Å². The molecule has 12 heavy (non-hydrogen) atoms. The van der Waals surface area contributed by atoms with Gasteiger partial charge in [-0.3, -0.25) is 4.90 Å². The summed E-state index contributed by atoms with van der Waals surface area (Å²) in [5.74, 6) is 0. The number of rotatable bonds is 1. The zero-order valence-corrected chi connectivity index (χ0v) is 8.05. The molecular formula is C10H20N2. The molecular weight excluding hydrogens is 148 g/mol. The highest BCUT2D eigenvalue weighted by Gasteiger charge is 2.29. The van der Waals surface area contributed by atoms with Gasteiger partial charge in [0.2, 0.25) is 0 Å². The van der Waals surface area contributed by atoms with Crippen molar-refractivity contribution in [3.63, 3.8) is 0 Å². The topological polar surface area (TPSA) is 15.3 Å². The molecule has 1 atom stereocenters. The Morgan fingerprint density at radius 2 is 2.08 bits per heavy atom. The quantitative estimate of drug-likeness (QED) is 0.633. The summed E-state index contributed by atoms with van der Waals surface area (Å²) in [5, 5.41) is 3.56. The van der Waals surface area contributed by atoms with Crippen LogP contribution in [0.3, 0.4) is 0 Å². The average molecular weight is 168 g/mol. The summed E-state index contributed by atoms with van der Waals surface area (Å²) in [7, 11) is 0. The lowest BCUT2D eigenvalue weighted by Gasteiger charge is -2.28. The zero-order chi connectivity index (χ0) is 8.39. The summed E-state index contributed by atoms with van der Waals surface area (Å²) in [6.07, 6.45) is 5.64. The molecule has 1 saturated heterocycles. The molecule has 1 heterocycles. The van der Waals surface area contributed by atoms with E-state index in [-0.39, 0.29) is 0 Å². The Bertz CT molecular complexity index is 143. The fourth-order valence-corrected chi connectivity index (χ4v) is 2.07. The highest BCUT2D eigenvalue weighted by Crippen LogP contribution is 2.27. The third-order valence-electron chi connectivity index (χ3n) is 2.94. The van der Waals surface area contributed by atoms with Gasteiger partial charge in [-0.1, -0.05) is 0 Å². The molecule has 70 valence electrons. The average Bonchev–Trinajstić information content (AvgIpc) is 2.78. The van der Waals surface area contributed by atoms with Crippen LogP contribution in [0, 0.1) is 0 Å². The molecule has 0 radical (unpaired) electrons. The lowest BCUT2D eigenvalue weighted by molar-refractivity contribution is 0.218. The molecule has 0 amide bonds. The normalized spacial score (nSPS) is 34.2. The van der Waals surface area contributed by atoms with Crippen LogP contribution in [0.4, 0.5) is 0 Å². The number of nitrogens with zero attached hydrogens (tertiary/aromatic N) is 1. The first kappa shape index (κ1) is 8.52. The molecule has 2 nitrogen and oxygen atoms in total. The Balaban J connectivity index is 1.83. The first-order chi connectivity index (χ1) is 5.86. The van der Waals surface area contributed by atoms with Gasteiger partial charge in [-0.25, -0.2) is 0 Å². The third kappa shape index (κ3) is 2.20. The second kappa shape index (κ2) is 3.75. The Labute approximate surface area is 75.3 Å². The van der Waals surface area contributed by atoms with Crippen LogP contribution in [-0.4, -0.2) is 36.6 Å². The molecule has 0 spiro atoms. The second-order valence-electron chi connectivity index (χ2n) is 4.29. The van der Waals surface area contributed by atoms with Gasteiger partial charge in [0.05, 0.1) is 0 Å². The molecule has 2 aliphatic rings. The number of nitrogens with one attached hydrogen (secondary N) is 1. The van der Waals surface area contributed by atoms with Gasteiger partial charge in [-0.15, -0.1) is 0 Å². The Morgan fingerprint density at radius 1 is 1.25 bits per heavy atom. The number of hydrogen-bond donors (Lipinski definition) is 1. The van der Waals surface area contributed by atoms with Crippen molar-refractivity contribution in [2.24, 2.45) is 0 Å². The van der Waals surface area contributed by atoms with Crippen molar-refractivity contribution in [3.8, 4) is 0 Å². The van der Waals surface area contributed by atoms with Gasteiger partial charge in [0.1, 0.15) is 0 Å². The predicted molar refractivity (Wildman–Crippen MR) is 51.3 cm³/mol. The first-order valence-corrected chi connectivity index (χ1v) is 5.33. The summed E-state index contributed by atoms with van der Waals surface area (Å²) in [6, 6.07) is 1.65. The van der Waals surface area contributed by atoms with Crippen molar-refractivity contribution in [3.05, 3.63) is 0 Å². The van der Waals surface area contributed by atoms with Crippen molar-refractivity contribution < 1.29 is 0 Å². The van der Waals surface area contributed by atoms with Gasteiger partial charge in [-0.2, -0.15) is 0 Å².